The van der Waals surface area contributed by atoms with Gasteiger partial charge < -0.3 is 20.3 Å². The number of aliphatic carboxylic acids is 1. The van der Waals surface area contributed by atoms with Crippen molar-refractivity contribution in [3.05, 3.63) is 35.9 Å². The molecule has 1 unspecified atom stereocenters. The first-order valence-corrected chi connectivity index (χ1v) is 6.20. The van der Waals surface area contributed by atoms with Crippen LogP contribution in [0.5, 0.6) is 11.5 Å². The van der Waals surface area contributed by atoms with E-state index in [1.807, 2.05) is 24.3 Å². The van der Waals surface area contributed by atoms with Gasteiger partial charge in [-0.25, -0.2) is 0 Å². The maximum Gasteiger partial charge on any atom is 0.312 e. The van der Waals surface area contributed by atoms with Gasteiger partial charge in [-0.15, -0.1) is 0 Å². The Labute approximate surface area is 116 Å². The second kappa shape index (κ2) is 5.79. The minimum absolute atomic E-state index is 0.00676. The summed E-state index contributed by atoms with van der Waals surface area (Å²) in [6, 6.07) is 9.22. The summed E-state index contributed by atoms with van der Waals surface area (Å²) in [5, 5.41) is 11.0. The monoisotopic (exact) mass is 275 g/mol. The third-order valence-electron chi connectivity index (χ3n) is 3.32. The van der Waals surface area contributed by atoms with Gasteiger partial charge in [0.1, 0.15) is 11.5 Å². The number of benzene rings is 2. The molecule has 0 aliphatic carbocycles. The van der Waals surface area contributed by atoms with E-state index < -0.39 is 11.9 Å². The third kappa shape index (κ3) is 2.28. The highest BCUT2D eigenvalue weighted by molar-refractivity contribution is 5.96. The number of carbonyl (C=O) groups is 1. The lowest BCUT2D eigenvalue weighted by Crippen LogP contribution is -2.21. The van der Waals surface area contributed by atoms with Crippen molar-refractivity contribution in [2.75, 3.05) is 20.8 Å². The van der Waals surface area contributed by atoms with Gasteiger partial charge in [-0.1, -0.05) is 24.3 Å². The number of rotatable bonds is 5. The quantitative estimate of drug-likeness (QED) is 0.872. The molecule has 0 fully saturated rings. The zero-order valence-corrected chi connectivity index (χ0v) is 11.4. The number of carboxylic acid groups (broad SMARTS) is 1. The van der Waals surface area contributed by atoms with Crippen LogP contribution in [0.2, 0.25) is 0 Å². The van der Waals surface area contributed by atoms with E-state index in [1.54, 1.807) is 13.2 Å². The van der Waals surface area contributed by atoms with E-state index in [-0.39, 0.29) is 6.54 Å². The molecule has 3 N–H and O–H groups in total. The van der Waals surface area contributed by atoms with Crippen LogP contribution in [0.4, 0.5) is 0 Å². The van der Waals surface area contributed by atoms with E-state index in [4.69, 9.17) is 15.2 Å². The molecule has 5 heteroatoms. The van der Waals surface area contributed by atoms with Gasteiger partial charge in [-0.2, -0.15) is 0 Å². The zero-order valence-electron chi connectivity index (χ0n) is 11.4. The lowest BCUT2D eigenvalue weighted by molar-refractivity contribution is -0.138. The fourth-order valence-electron chi connectivity index (χ4n) is 2.35. The molecule has 20 heavy (non-hydrogen) atoms. The molecule has 1 atom stereocenters. The molecular formula is C15H17NO4. The Balaban J connectivity index is 2.80. The van der Waals surface area contributed by atoms with Gasteiger partial charge in [0, 0.05) is 22.9 Å². The number of nitrogens with two attached hydrogens (primary N) is 1. The summed E-state index contributed by atoms with van der Waals surface area (Å²) in [5.41, 5.74) is 6.11. The summed E-state index contributed by atoms with van der Waals surface area (Å²) >= 11 is 0. The summed E-state index contributed by atoms with van der Waals surface area (Å²) in [7, 11) is 3.07. The van der Waals surface area contributed by atoms with Crippen LogP contribution in [0.1, 0.15) is 11.5 Å². The Morgan fingerprint density at radius 3 is 2.40 bits per heavy atom. The summed E-state index contributed by atoms with van der Waals surface area (Å²) < 4.78 is 10.8. The van der Waals surface area contributed by atoms with Crippen LogP contribution < -0.4 is 15.2 Å². The van der Waals surface area contributed by atoms with Crippen LogP contribution in [0.3, 0.4) is 0 Å². The average molecular weight is 275 g/mol. The van der Waals surface area contributed by atoms with Gasteiger partial charge in [0.2, 0.25) is 0 Å². The Kier molecular flexibility index (Phi) is 4.10. The first kappa shape index (κ1) is 14.1. The Morgan fingerprint density at radius 1 is 1.25 bits per heavy atom. The van der Waals surface area contributed by atoms with Gasteiger partial charge >= 0.3 is 5.97 Å². The predicted molar refractivity (Wildman–Crippen MR) is 76.5 cm³/mol. The molecule has 2 rings (SSSR count). The number of hydrogen-bond donors (Lipinski definition) is 2. The van der Waals surface area contributed by atoms with Crippen LogP contribution in [0.15, 0.2) is 30.3 Å². The highest BCUT2D eigenvalue weighted by atomic mass is 16.5. The second-order valence-corrected chi connectivity index (χ2v) is 4.37. The maximum atomic E-state index is 11.4. The Bertz CT molecular complexity index is 639. The maximum absolute atomic E-state index is 11.4. The van der Waals surface area contributed by atoms with Gasteiger partial charge in [0.25, 0.3) is 0 Å². The van der Waals surface area contributed by atoms with E-state index in [2.05, 4.69) is 0 Å². The fourth-order valence-corrected chi connectivity index (χ4v) is 2.35. The SMILES string of the molecule is COc1cc(C(CN)C(=O)O)c(OC)c2ccccc12. The number of hydrogen-bond acceptors (Lipinski definition) is 4. The summed E-state index contributed by atoms with van der Waals surface area (Å²) in [6.45, 7) is -0.00676. The molecule has 0 saturated carbocycles. The van der Waals surface area contributed by atoms with Crippen molar-refractivity contribution < 1.29 is 19.4 Å². The van der Waals surface area contributed by atoms with Crippen molar-refractivity contribution in [2.24, 2.45) is 5.73 Å². The summed E-state index contributed by atoms with van der Waals surface area (Å²) in [4.78, 5) is 11.4. The van der Waals surface area contributed by atoms with Crippen LogP contribution in [0, 0.1) is 0 Å². The van der Waals surface area contributed by atoms with Crippen molar-refractivity contribution in [2.45, 2.75) is 5.92 Å². The molecule has 0 bridgehead atoms. The fraction of sp³-hybridized carbons (Fsp3) is 0.267. The van der Waals surface area contributed by atoms with Crippen molar-refractivity contribution in [3.8, 4) is 11.5 Å². The minimum Gasteiger partial charge on any atom is -0.496 e. The molecule has 0 aliphatic heterocycles. The normalized spacial score (nSPS) is 12.2. The number of ether oxygens (including phenoxy) is 2. The number of methoxy groups -OCH3 is 2. The van der Waals surface area contributed by atoms with Crippen LogP contribution >= 0.6 is 0 Å². The largest absolute Gasteiger partial charge is 0.496 e. The molecule has 0 aliphatic rings. The highest BCUT2D eigenvalue weighted by Gasteiger charge is 2.25. The van der Waals surface area contributed by atoms with E-state index in [0.717, 1.165) is 10.8 Å². The number of carboxylic acids is 1. The van der Waals surface area contributed by atoms with Crippen LogP contribution in [0.25, 0.3) is 10.8 Å². The first-order chi connectivity index (χ1) is 9.63. The standard InChI is InChI=1S/C15H17NO4/c1-19-13-7-11(12(8-16)15(17)18)14(20-2)10-6-4-3-5-9(10)13/h3-7,12H,8,16H2,1-2H3,(H,17,18). The summed E-state index contributed by atoms with van der Waals surface area (Å²) in [6.07, 6.45) is 0. The van der Waals surface area contributed by atoms with E-state index >= 15 is 0 Å². The molecule has 0 aromatic heterocycles. The lowest BCUT2D eigenvalue weighted by Gasteiger charge is -2.18. The zero-order chi connectivity index (χ0) is 14.7. The molecule has 2 aromatic rings. The third-order valence-corrected chi connectivity index (χ3v) is 3.32. The Hall–Kier alpha value is -2.27. The predicted octanol–water partition coefficient (Wildman–Crippen LogP) is 1.98. The van der Waals surface area contributed by atoms with Crippen molar-refractivity contribution >= 4 is 16.7 Å². The minimum atomic E-state index is -0.983. The molecular weight excluding hydrogens is 258 g/mol. The smallest absolute Gasteiger partial charge is 0.312 e. The first-order valence-electron chi connectivity index (χ1n) is 6.20. The molecule has 106 valence electrons. The average Bonchev–Trinajstić information content (AvgIpc) is 2.46. The van der Waals surface area contributed by atoms with Gasteiger partial charge in [0.15, 0.2) is 0 Å². The Morgan fingerprint density at radius 2 is 1.90 bits per heavy atom. The molecule has 0 amide bonds. The molecule has 0 spiro atoms. The molecule has 5 nitrogen and oxygen atoms in total. The van der Waals surface area contributed by atoms with Crippen molar-refractivity contribution in [1.29, 1.82) is 0 Å². The highest BCUT2D eigenvalue weighted by Crippen LogP contribution is 2.39. The topological polar surface area (TPSA) is 81.8 Å². The molecule has 0 heterocycles. The van der Waals surface area contributed by atoms with Crippen molar-refractivity contribution in [1.82, 2.24) is 0 Å². The van der Waals surface area contributed by atoms with Crippen LogP contribution in [-0.4, -0.2) is 31.8 Å². The van der Waals surface area contributed by atoms with Gasteiger partial charge in [0.05, 0.1) is 20.1 Å². The van der Waals surface area contributed by atoms with E-state index in [1.165, 1.54) is 7.11 Å². The van der Waals surface area contributed by atoms with E-state index in [9.17, 15) is 9.90 Å². The molecule has 0 radical (unpaired) electrons. The second-order valence-electron chi connectivity index (χ2n) is 4.37. The van der Waals surface area contributed by atoms with Crippen molar-refractivity contribution in [3.63, 3.8) is 0 Å². The van der Waals surface area contributed by atoms with Gasteiger partial charge in [-0.05, 0) is 6.07 Å². The molecule has 2 aromatic carbocycles. The lowest BCUT2D eigenvalue weighted by atomic mass is 9.94. The molecule has 0 saturated heterocycles. The van der Waals surface area contributed by atoms with Crippen LogP contribution in [-0.2, 0) is 4.79 Å². The number of fused-ring (bicyclic) bond motifs is 1. The van der Waals surface area contributed by atoms with Gasteiger partial charge in [-0.3, -0.25) is 4.79 Å². The van der Waals surface area contributed by atoms with E-state index in [0.29, 0.717) is 17.1 Å². The summed E-state index contributed by atoms with van der Waals surface area (Å²) in [5.74, 6) is -0.679.